The molecule has 0 atom stereocenters. The third-order valence-corrected chi connectivity index (χ3v) is 3.28. The van der Waals surface area contributed by atoms with Crippen molar-refractivity contribution in [3.8, 4) is 0 Å². The maximum absolute atomic E-state index is 3.20. The van der Waals surface area contributed by atoms with Gasteiger partial charge >= 0.3 is 0 Å². The molecule has 0 rings (SSSR count). The minimum Gasteiger partial charge on any atom is -0.412 e. The molecule has 0 saturated carbocycles. The highest BCUT2D eigenvalue weighted by molar-refractivity contribution is 4.49. The summed E-state index contributed by atoms with van der Waals surface area (Å²) in [6.07, 6.45) is 17.3. The van der Waals surface area contributed by atoms with Gasteiger partial charge < -0.3 is 10.8 Å². The molecular weight excluding hydrogens is 210 g/mol. The lowest BCUT2D eigenvalue weighted by atomic mass is 10.1. The van der Waals surface area contributed by atoms with Gasteiger partial charge in [-0.05, 0) is 20.0 Å². The highest BCUT2D eigenvalue weighted by Gasteiger charge is 1.92. The predicted octanol–water partition coefficient (Wildman–Crippen LogP) is 4.08. The first kappa shape index (κ1) is 19.3. The van der Waals surface area contributed by atoms with E-state index < -0.39 is 0 Å². The van der Waals surface area contributed by atoms with Crippen LogP contribution in [0.3, 0.4) is 0 Å². The molecule has 0 heterocycles. The van der Waals surface area contributed by atoms with Gasteiger partial charge in [-0.3, -0.25) is 0 Å². The van der Waals surface area contributed by atoms with Gasteiger partial charge in [-0.1, -0.05) is 77.6 Å². The second kappa shape index (κ2) is 18.3. The molecular formula is C15H35NO. The summed E-state index contributed by atoms with van der Waals surface area (Å²) in [6, 6.07) is 0. The first-order chi connectivity index (χ1) is 7.91. The zero-order valence-electron chi connectivity index (χ0n) is 12.2. The van der Waals surface area contributed by atoms with Crippen LogP contribution in [0.4, 0.5) is 0 Å². The zero-order chi connectivity index (χ0) is 11.9. The van der Waals surface area contributed by atoms with Gasteiger partial charge in [0, 0.05) is 0 Å². The van der Waals surface area contributed by atoms with Crippen molar-refractivity contribution in [1.82, 2.24) is 5.32 Å². The molecule has 0 amide bonds. The minimum absolute atomic E-state index is 0. The maximum atomic E-state index is 3.20. The van der Waals surface area contributed by atoms with Crippen molar-refractivity contribution in [2.24, 2.45) is 0 Å². The van der Waals surface area contributed by atoms with Crippen LogP contribution in [-0.4, -0.2) is 19.1 Å². The lowest BCUT2D eigenvalue weighted by Crippen LogP contribution is -2.06. The number of nitrogens with one attached hydrogen (secondary N) is 1. The van der Waals surface area contributed by atoms with Gasteiger partial charge in [-0.25, -0.2) is 0 Å². The summed E-state index contributed by atoms with van der Waals surface area (Å²) in [5, 5.41) is 3.20. The molecule has 0 aromatic heterocycles. The largest absolute Gasteiger partial charge is 0.412 e. The van der Waals surface area contributed by atoms with E-state index in [9.17, 15) is 0 Å². The van der Waals surface area contributed by atoms with Crippen LogP contribution in [0.1, 0.15) is 84.0 Å². The monoisotopic (exact) mass is 245 g/mol. The van der Waals surface area contributed by atoms with E-state index in [1.807, 2.05) is 7.05 Å². The lowest BCUT2D eigenvalue weighted by molar-refractivity contribution is 0.541. The Hall–Kier alpha value is -0.0800. The number of hydrogen-bond donors (Lipinski definition) is 1. The Bertz CT molecular complexity index is 103. The molecule has 0 saturated heterocycles. The standard InChI is InChI=1S/C15H33N.H2O/c1-3-4-5-6-7-8-9-10-11-12-13-14-15-16-2;/h16H,3-15H2,1-2H3;1H2. The van der Waals surface area contributed by atoms with Crippen LogP contribution in [0.2, 0.25) is 0 Å². The Morgan fingerprint density at radius 1 is 0.588 bits per heavy atom. The third kappa shape index (κ3) is 18.5. The van der Waals surface area contributed by atoms with Crippen LogP contribution < -0.4 is 5.32 Å². The van der Waals surface area contributed by atoms with E-state index in [2.05, 4.69) is 12.2 Å². The van der Waals surface area contributed by atoms with Gasteiger partial charge in [0.1, 0.15) is 0 Å². The van der Waals surface area contributed by atoms with Crippen LogP contribution in [0.15, 0.2) is 0 Å². The molecule has 0 aromatic carbocycles. The lowest BCUT2D eigenvalue weighted by Gasteiger charge is -2.02. The van der Waals surface area contributed by atoms with Gasteiger partial charge in [0.2, 0.25) is 0 Å². The topological polar surface area (TPSA) is 43.5 Å². The smallest absolute Gasteiger partial charge is 0.00519 e. The van der Waals surface area contributed by atoms with E-state index >= 15 is 0 Å². The minimum atomic E-state index is 0. The molecule has 0 aromatic rings. The molecule has 0 spiro atoms. The van der Waals surface area contributed by atoms with Crippen LogP contribution in [0.5, 0.6) is 0 Å². The van der Waals surface area contributed by atoms with Crippen LogP contribution in [-0.2, 0) is 0 Å². The van der Waals surface area contributed by atoms with Gasteiger partial charge in [0.15, 0.2) is 0 Å². The second-order valence-electron chi connectivity index (χ2n) is 4.99. The Kier molecular flexibility index (Phi) is 20.7. The SMILES string of the molecule is CCCCCCCCCCCCCCNC.O. The zero-order valence-corrected chi connectivity index (χ0v) is 12.2. The summed E-state index contributed by atoms with van der Waals surface area (Å²) in [6.45, 7) is 3.48. The van der Waals surface area contributed by atoms with E-state index in [-0.39, 0.29) is 5.48 Å². The van der Waals surface area contributed by atoms with Crippen molar-refractivity contribution in [2.75, 3.05) is 13.6 Å². The van der Waals surface area contributed by atoms with Crippen molar-refractivity contribution in [2.45, 2.75) is 84.0 Å². The van der Waals surface area contributed by atoms with Crippen molar-refractivity contribution in [3.63, 3.8) is 0 Å². The average molecular weight is 245 g/mol. The highest BCUT2D eigenvalue weighted by atomic mass is 16.0. The fraction of sp³-hybridized carbons (Fsp3) is 1.00. The molecule has 0 fully saturated rings. The molecule has 106 valence electrons. The fourth-order valence-corrected chi connectivity index (χ4v) is 2.14. The van der Waals surface area contributed by atoms with E-state index in [4.69, 9.17) is 0 Å². The number of unbranched alkanes of at least 4 members (excludes halogenated alkanes) is 11. The molecule has 0 bridgehead atoms. The predicted molar refractivity (Wildman–Crippen MR) is 78.6 cm³/mol. The Balaban J connectivity index is 0. The Labute approximate surface area is 109 Å². The number of hydrogen-bond acceptors (Lipinski definition) is 1. The first-order valence-corrected chi connectivity index (χ1v) is 7.56. The molecule has 0 aliphatic heterocycles. The van der Waals surface area contributed by atoms with Gasteiger partial charge in [-0.2, -0.15) is 0 Å². The van der Waals surface area contributed by atoms with Crippen LogP contribution in [0, 0.1) is 0 Å². The molecule has 0 aliphatic carbocycles. The normalized spacial score (nSPS) is 10.2. The summed E-state index contributed by atoms with van der Waals surface area (Å²) in [4.78, 5) is 0. The Morgan fingerprint density at radius 2 is 0.941 bits per heavy atom. The molecule has 0 unspecified atom stereocenters. The summed E-state index contributed by atoms with van der Waals surface area (Å²) < 4.78 is 0. The van der Waals surface area contributed by atoms with Crippen molar-refractivity contribution in [1.29, 1.82) is 0 Å². The molecule has 3 N–H and O–H groups in total. The summed E-state index contributed by atoms with van der Waals surface area (Å²) in [5.41, 5.74) is 0. The second-order valence-corrected chi connectivity index (χ2v) is 4.99. The first-order valence-electron chi connectivity index (χ1n) is 7.56. The maximum Gasteiger partial charge on any atom is -0.00519 e. The molecule has 2 nitrogen and oxygen atoms in total. The fourth-order valence-electron chi connectivity index (χ4n) is 2.14. The summed E-state index contributed by atoms with van der Waals surface area (Å²) in [5.74, 6) is 0. The van der Waals surface area contributed by atoms with Gasteiger partial charge in [-0.15, -0.1) is 0 Å². The molecule has 0 radical (unpaired) electrons. The highest BCUT2D eigenvalue weighted by Crippen LogP contribution is 2.11. The summed E-state index contributed by atoms with van der Waals surface area (Å²) >= 11 is 0. The average Bonchev–Trinajstić information content (AvgIpc) is 2.31. The van der Waals surface area contributed by atoms with Crippen molar-refractivity contribution >= 4 is 0 Å². The number of rotatable bonds is 13. The molecule has 2 heteroatoms. The third-order valence-electron chi connectivity index (χ3n) is 3.28. The van der Waals surface area contributed by atoms with E-state index in [0.717, 1.165) is 0 Å². The van der Waals surface area contributed by atoms with Crippen molar-refractivity contribution in [3.05, 3.63) is 0 Å². The van der Waals surface area contributed by atoms with E-state index in [0.29, 0.717) is 0 Å². The van der Waals surface area contributed by atoms with Crippen molar-refractivity contribution < 1.29 is 5.48 Å². The molecule has 0 aliphatic rings. The Morgan fingerprint density at radius 3 is 1.29 bits per heavy atom. The van der Waals surface area contributed by atoms with E-state index in [1.54, 1.807) is 0 Å². The quantitative estimate of drug-likeness (QED) is 0.488. The van der Waals surface area contributed by atoms with Gasteiger partial charge in [0.25, 0.3) is 0 Å². The van der Waals surface area contributed by atoms with Crippen LogP contribution in [0.25, 0.3) is 0 Å². The van der Waals surface area contributed by atoms with Gasteiger partial charge in [0.05, 0.1) is 0 Å². The van der Waals surface area contributed by atoms with E-state index in [1.165, 1.54) is 83.6 Å². The van der Waals surface area contributed by atoms with Crippen LogP contribution >= 0.6 is 0 Å². The summed E-state index contributed by atoms with van der Waals surface area (Å²) in [7, 11) is 2.04. The molecule has 17 heavy (non-hydrogen) atoms.